The van der Waals surface area contributed by atoms with E-state index in [2.05, 4.69) is 10.5 Å². The molecule has 7 heteroatoms. The van der Waals surface area contributed by atoms with Gasteiger partial charge in [-0.25, -0.2) is 0 Å². The summed E-state index contributed by atoms with van der Waals surface area (Å²) in [6.45, 7) is 2.21. The first-order chi connectivity index (χ1) is 12.7. The minimum atomic E-state index is -0.330. The second kappa shape index (κ2) is 9.93. The molecule has 2 aromatic rings. The minimum Gasteiger partial charge on any atom is -0.497 e. The molecular weight excluding hydrogens is 336 g/mol. The lowest BCUT2D eigenvalue weighted by Crippen LogP contribution is -2.17. The smallest absolute Gasteiger partial charge is 0.265 e. The highest BCUT2D eigenvalue weighted by Crippen LogP contribution is 2.30. The second-order valence-electron chi connectivity index (χ2n) is 5.13. The van der Waals surface area contributed by atoms with Crippen molar-refractivity contribution in [3.05, 3.63) is 48.0 Å². The van der Waals surface area contributed by atoms with Crippen LogP contribution in [0.25, 0.3) is 0 Å². The highest BCUT2D eigenvalue weighted by Gasteiger charge is 2.08. The van der Waals surface area contributed by atoms with Gasteiger partial charge in [0.25, 0.3) is 5.91 Å². The molecule has 0 saturated carbocycles. The first-order valence-corrected chi connectivity index (χ1v) is 8.06. The number of hydrogen-bond acceptors (Lipinski definition) is 6. The summed E-state index contributed by atoms with van der Waals surface area (Å²) in [5.74, 6) is 1.59. The van der Waals surface area contributed by atoms with Gasteiger partial charge in [-0.3, -0.25) is 4.79 Å². The van der Waals surface area contributed by atoms with Crippen LogP contribution in [-0.4, -0.2) is 39.6 Å². The van der Waals surface area contributed by atoms with Gasteiger partial charge in [0.1, 0.15) is 5.75 Å². The van der Waals surface area contributed by atoms with Gasteiger partial charge >= 0.3 is 0 Å². The number of nitrogens with one attached hydrogen (secondary N) is 1. The lowest BCUT2D eigenvalue weighted by molar-refractivity contribution is -0.120. The van der Waals surface area contributed by atoms with E-state index in [4.69, 9.17) is 19.0 Å². The summed E-state index contributed by atoms with van der Waals surface area (Å²) in [6.07, 6.45) is 1.52. The van der Waals surface area contributed by atoms with Crippen molar-refractivity contribution in [2.24, 2.45) is 5.16 Å². The van der Waals surface area contributed by atoms with Gasteiger partial charge in [-0.15, -0.1) is 0 Å². The number of ether oxygens (including phenoxy) is 3. The largest absolute Gasteiger partial charge is 0.497 e. The van der Waals surface area contributed by atoms with Crippen LogP contribution in [0.1, 0.15) is 12.5 Å². The summed E-state index contributed by atoms with van der Waals surface area (Å²) in [4.78, 5) is 16.9. The molecule has 1 N–H and O–H groups in total. The molecule has 0 atom stereocenters. The quantitative estimate of drug-likeness (QED) is 0.550. The minimum absolute atomic E-state index is 0.206. The summed E-state index contributed by atoms with van der Waals surface area (Å²) in [5.41, 5.74) is 1.42. The van der Waals surface area contributed by atoms with Crippen LogP contribution in [0.4, 0.5) is 5.69 Å². The van der Waals surface area contributed by atoms with Gasteiger partial charge in [0, 0.05) is 11.8 Å². The van der Waals surface area contributed by atoms with Crippen molar-refractivity contribution < 1.29 is 23.8 Å². The Morgan fingerprint density at radius 2 is 1.85 bits per heavy atom. The summed E-state index contributed by atoms with van der Waals surface area (Å²) < 4.78 is 15.8. The molecule has 2 rings (SSSR count). The van der Waals surface area contributed by atoms with Crippen LogP contribution >= 0.6 is 0 Å². The predicted octanol–water partition coefficient (Wildman–Crippen LogP) is 3.09. The zero-order valence-electron chi connectivity index (χ0n) is 15.0. The van der Waals surface area contributed by atoms with Crippen LogP contribution in [0.3, 0.4) is 0 Å². The summed E-state index contributed by atoms with van der Waals surface area (Å²) in [7, 11) is 3.14. The van der Waals surface area contributed by atoms with E-state index < -0.39 is 0 Å². The van der Waals surface area contributed by atoms with Crippen LogP contribution in [0.2, 0.25) is 0 Å². The van der Waals surface area contributed by atoms with Gasteiger partial charge in [-0.05, 0) is 48.9 Å². The van der Waals surface area contributed by atoms with Gasteiger partial charge in [0.15, 0.2) is 18.1 Å². The average Bonchev–Trinajstić information content (AvgIpc) is 2.67. The summed E-state index contributed by atoms with van der Waals surface area (Å²) in [5, 5.41) is 6.49. The lowest BCUT2D eigenvalue weighted by atomic mass is 10.2. The number of methoxy groups -OCH3 is 2. The van der Waals surface area contributed by atoms with Gasteiger partial charge in [-0.1, -0.05) is 5.16 Å². The Kier molecular flexibility index (Phi) is 7.30. The zero-order valence-corrected chi connectivity index (χ0v) is 15.0. The maximum absolute atomic E-state index is 11.9. The van der Waals surface area contributed by atoms with Crippen molar-refractivity contribution in [3.63, 3.8) is 0 Å². The van der Waals surface area contributed by atoms with E-state index in [9.17, 15) is 4.79 Å². The van der Waals surface area contributed by atoms with E-state index in [1.807, 2.05) is 31.2 Å². The maximum atomic E-state index is 11.9. The fourth-order valence-corrected chi connectivity index (χ4v) is 2.10. The lowest BCUT2D eigenvalue weighted by Gasteiger charge is -2.11. The molecule has 2 aromatic carbocycles. The van der Waals surface area contributed by atoms with Gasteiger partial charge in [-0.2, -0.15) is 0 Å². The second-order valence-corrected chi connectivity index (χ2v) is 5.13. The van der Waals surface area contributed by atoms with E-state index in [0.717, 1.165) is 11.3 Å². The summed E-state index contributed by atoms with van der Waals surface area (Å²) in [6, 6.07) is 12.4. The Morgan fingerprint density at radius 1 is 1.08 bits per heavy atom. The van der Waals surface area contributed by atoms with E-state index in [1.165, 1.54) is 6.21 Å². The number of carbonyl (C=O) groups excluding carboxylic acids is 1. The highest BCUT2D eigenvalue weighted by atomic mass is 16.6. The number of rotatable bonds is 9. The molecule has 0 aliphatic rings. The van der Waals surface area contributed by atoms with E-state index in [-0.39, 0.29) is 12.5 Å². The normalized spacial score (nSPS) is 10.4. The Balaban J connectivity index is 1.83. The Bertz CT molecular complexity index is 744. The number of oxime groups is 1. The third-order valence-corrected chi connectivity index (χ3v) is 3.33. The number of nitrogens with zero attached hydrogens (tertiary/aromatic N) is 1. The van der Waals surface area contributed by atoms with E-state index in [0.29, 0.717) is 23.8 Å². The van der Waals surface area contributed by atoms with Crippen molar-refractivity contribution in [2.75, 3.05) is 32.8 Å². The van der Waals surface area contributed by atoms with E-state index in [1.54, 1.807) is 32.4 Å². The fourth-order valence-electron chi connectivity index (χ4n) is 2.10. The third kappa shape index (κ3) is 5.70. The van der Waals surface area contributed by atoms with Crippen molar-refractivity contribution >= 4 is 17.8 Å². The molecule has 0 heterocycles. The number of anilines is 1. The van der Waals surface area contributed by atoms with Crippen molar-refractivity contribution in [3.8, 4) is 17.2 Å². The van der Waals surface area contributed by atoms with Gasteiger partial charge in [0.2, 0.25) is 0 Å². The topological polar surface area (TPSA) is 78.4 Å². The van der Waals surface area contributed by atoms with Gasteiger partial charge in [0.05, 0.1) is 27.0 Å². The van der Waals surface area contributed by atoms with Gasteiger partial charge < -0.3 is 24.4 Å². The molecule has 0 aromatic heterocycles. The first kappa shape index (κ1) is 19.1. The molecule has 0 aliphatic carbocycles. The molecule has 0 spiro atoms. The number of amides is 1. The first-order valence-electron chi connectivity index (χ1n) is 8.06. The predicted molar refractivity (Wildman–Crippen MR) is 99.3 cm³/mol. The van der Waals surface area contributed by atoms with Crippen molar-refractivity contribution in [2.45, 2.75) is 6.92 Å². The highest BCUT2D eigenvalue weighted by molar-refractivity contribution is 5.92. The van der Waals surface area contributed by atoms with Crippen LogP contribution in [0.15, 0.2) is 47.6 Å². The van der Waals surface area contributed by atoms with Crippen LogP contribution < -0.4 is 19.5 Å². The monoisotopic (exact) mass is 358 g/mol. The molecule has 0 radical (unpaired) electrons. The third-order valence-electron chi connectivity index (χ3n) is 3.33. The van der Waals surface area contributed by atoms with E-state index >= 15 is 0 Å². The summed E-state index contributed by atoms with van der Waals surface area (Å²) >= 11 is 0. The van der Waals surface area contributed by atoms with Crippen LogP contribution in [0.5, 0.6) is 17.2 Å². The Hall–Kier alpha value is -3.22. The number of benzene rings is 2. The molecule has 0 fully saturated rings. The Morgan fingerprint density at radius 3 is 2.50 bits per heavy atom. The standard InChI is InChI=1S/C19H22N2O5/c1-4-25-17-10-7-15(11-18(17)24-3)21-19(22)13-26-20-12-14-5-8-16(23-2)9-6-14/h5-12H,4,13H2,1-3H3,(H,21,22)/b20-12-. The van der Waals surface area contributed by atoms with Crippen molar-refractivity contribution in [1.82, 2.24) is 0 Å². The SMILES string of the molecule is CCOc1ccc(NC(=O)CO/N=C\c2ccc(OC)cc2)cc1OC. The van der Waals surface area contributed by atoms with Crippen LogP contribution in [0, 0.1) is 0 Å². The van der Waals surface area contributed by atoms with Crippen molar-refractivity contribution in [1.29, 1.82) is 0 Å². The molecule has 0 aliphatic heterocycles. The number of hydrogen-bond donors (Lipinski definition) is 1. The maximum Gasteiger partial charge on any atom is 0.265 e. The Labute approximate surface area is 152 Å². The molecule has 7 nitrogen and oxygen atoms in total. The zero-order chi connectivity index (χ0) is 18.8. The molecule has 0 saturated heterocycles. The number of carbonyl (C=O) groups is 1. The van der Waals surface area contributed by atoms with Crippen LogP contribution in [-0.2, 0) is 9.63 Å². The molecule has 0 unspecified atom stereocenters. The molecule has 0 bridgehead atoms. The fraction of sp³-hybridized carbons (Fsp3) is 0.263. The average molecular weight is 358 g/mol. The molecule has 26 heavy (non-hydrogen) atoms. The molecule has 1 amide bonds. The molecule has 138 valence electrons. The molecular formula is C19H22N2O5.